The van der Waals surface area contributed by atoms with Gasteiger partial charge in [-0.2, -0.15) is 0 Å². The molecule has 0 aromatic heterocycles. The Morgan fingerprint density at radius 2 is 1.90 bits per heavy atom. The average Bonchev–Trinajstić information content (AvgIpc) is 2.48. The van der Waals surface area contributed by atoms with Crippen LogP contribution in [-0.2, 0) is 11.2 Å². The van der Waals surface area contributed by atoms with E-state index in [-0.39, 0.29) is 0 Å². The van der Waals surface area contributed by atoms with Gasteiger partial charge in [-0.1, -0.05) is 42.5 Å². The number of carboxylic acid groups (broad SMARTS) is 1. The summed E-state index contributed by atoms with van der Waals surface area (Å²) in [6.45, 7) is 0. The Morgan fingerprint density at radius 1 is 1.15 bits per heavy atom. The number of methoxy groups -OCH3 is 1. The van der Waals surface area contributed by atoms with E-state index < -0.39 is 11.9 Å². The third-order valence-corrected chi connectivity index (χ3v) is 3.36. The van der Waals surface area contributed by atoms with Crippen LogP contribution in [0.3, 0.4) is 0 Å². The number of ether oxygens (including phenoxy) is 1. The molecule has 0 aliphatic carbocycles. The SMILES string of the molecule is COc1cccc(CC[C@H](C(=O)O)c2ccccc2)c1. The first-order valence-corrected chi connectivity index (χ1v) is 6.61. The summed E-state index contributed by atoms with van der Waals surface area (Å²) >= 11 is 0. The van der Waals surface area contributed by atoms with Crippen molar-refractivity contribution in [3.8, 4) is 5.75 Å². The van der Waals surface area contributed by atoms with Crippen LogP contribution in [-0.4, -0.2) is 18.2 Å². The Morgan fingerprint density at radius 3 is 2.55 bits per heavy atom. The number of hydrogen-bond donors (Lipinski definition) is 1. The van der Waals surface area contributed by atoms with Crippen LogP contribution < -0.4 is 4.74 Å². The normalized spacial score (nSPS) is 11.8. The average molecular weight is 270 g/mol. The second kappa shape index (κ2) is 6.75. The lowest BCUT2D eigenvalue weighted by molar-refractivity contribution is -0.138. The van der Waals surface area contributed by atoms with Crippen LogP contribution in [0, 0.1) is 0 Å². The third-order valence-electron chi connectivity index (χ3n) is 3.36. The zero-order valence-electron chi connectivity index (χ0n) is 11.5. The molecular formula is C17H18O3. The molecule has 0 saturated heterocycles. The molecule has 0 heterocycles. The quantitative estimate of drug-likeness (QED) is 0.874. The van der Waals surface area contributed by atoms with Crippen molar-refractivity contribution in [1.82, 2.24) is 0 Å². The van der Waals surface area contributed by atoms with Gasteiger partial charge in [0.25, 0.3) is 0 Å². The van der Waals surface area contributed by atoms with E-state index in [1.807, 2.05) is 54.6 Å². The standard InChI is InChI=1S/C17H18O3/c1-20-15-9-5-6-13(12-15)10-11-16(17(18)19)14-7-3-2-4-8-14/h2-9,12,16H,10-11H2,1H3,(H,18,19)/t16-/m0/s1. The molecule has 3 nitrogen and oxygen atoms in total. The van der Waals surface area contributed by atoms with E-state index >= 15 is 0 Å². The smallest absolute Gasteiger partial charge is 0.310 e. The molecule has 0 amide bonds. The van der Waals surface area contributed by atoms with Crippen molar-refractivity contribution in [2.75, 3.05) is 7.11 Å². The van der Waals surface area contributed by atoms with Gasteiger partial charge in [0.2, 0.25) is 0 Å². The van der Waals surface area contributed by atoms with Crippen LogP contribution in [0.4, 0.5) is 0 Å². The van der Waals surface area contributed by atoms with Gasteiger partial charge in [-0.05, 0) is 36.1 Å². The van der Waals surface area contributed by atoms with Crippen molar-refractivity contribution in [3.63, 3.8) is 0 Å². The molecule has 0 radical (unpaired) electrons. The van der Waals surface area contributed by atoms with Gasteiger partial charge in [0, 0.05) is 0 Å². The van der Waals surface area contributed by atoms with E-state index in [0.717, 1.165) is 16.9 Å². The highest BCUT2D eigenvalue weighted by Gasteiger charge is 2.19. The number of aryl methyl sites for hydroxylation is 1. The molecular weight excluding hydrogens is 252 g/mol. The highest BCUT2D eigenvalue weighted by atomic mass is 16.5. The number of rotatable bonds is 6. The summed E-state index contributed by atoms with van der Waals surface area (Å²) in [4.78, 5) is 11.4. The Kier molecular flexibility index (Phi) is 4.77. The van der Waals surface area contributed by atoms with E-state index in [0.29, 0.717) is 12.8 Å². The Labute approximate surface area is 118 Å². The number of carboxylic acids is 1. The van der Waals surface area contributed by atoms with Crippen molar-refractivity contribution in [2.45, 2.75) is 18.8 Å². The van der Waals surface area contributed by atoms with Gasteiger partial charge in [-0.25, -0.2) is 0 Å². The van der Waals surface area contributed by atoms with E-state index in [2.05, 4.69) is 0 Å². The van der Waals surface area contributed by atoms with E-state index in [9.17, 15) is 9.90 Å². The van der Waals surface area contributed by atoms with Crippen LogP contribution in [0.25, 0.3) is 0 Å². The lowest BCUT2D eigenvalue weighted by atomic mass is 9.92. The summed E-state index contributed by atoms with van der Waals surface area (Å²) in [6.07, 6.45) is 1.29. The molecule has 2 rings (SSSR count). The van der Waals surface area contributed by atoms with Crippen LogP contribution in [0.5, 0.6) is 5.75 Å². The van der Waals surface area contributed by atoms with Crippen molar-refractivity contribution < 1.29 is 14.6 Å². The van der Waals surface area contributed by atoms with E-state index in [1.54, 1.807) is 7.11 Å². The molecule has 2 aromatic carbocycles. The number of hydrogen-bond acceptors (Lipinski definition) is 2. The lowest BCUT2D eigenvalue weighted by Crippen LogP contribution is -2.12. The fraction of sp³-hybridized carbons (Fsp3) is 0.235. The summed E-state index contributed by atoms with van der Waals surface area (Å²) < 4.78 is 5.18. The Bertz CT molecular complexity index is 563. The van der Waals surface area contributed by atoms with Crippen molar-refractivity contribution in [2.24, 2.45) is 0 Å². The van der Waals surface area contributed by atoms with Gasteiger partial charge in [-0.15, -0.1) is 0 Å². The largest absolute Gasteiger partial charge is 0.497 e. The zero-order valence-corrected chi connectivity index (χ0v) is 11.5. The predicted molar refractivity (Wildman–Crippen MR) is 78.1 cm³/mol. The molecule has 104 valence electrons. The summed E-state index contributed by atoms with van der Waals surface area (Å²) in [6, 6.07) is 17.1. The molecule has 1 N–H and O–H groups in total. The summed E-state index contributed by atoms with van der Waals surface area (Å²) in [5.41, 5.74) is 1.94. The van der Waals surface area contributed by atoms with Crippen molar-refractivity contribution in [1.29, 1.82) is 0 Å². The minimum absolute atomic E-state index is 0.470. The van der Waals surface area contributed by atoms with E-state index in [4.69, 9.17) is 4.74 Å². The molecule has 3 heteroatoms. The summed E-state index contributed by atoms with van der Waals surface area (Å²) in [5, 5.41) is 9.38. The molecule has 0 unspecified atom stereocenters. The highest BCUT2D eigenvalue weighted by Crippen LogP contribution is 2.23. The number of aliphatic carboxylic acids is 1. The highest BCUT2D eigenvalue weighted by molar-refractivity contribution is 5.76. The Balaban J connectivity index is 2.08. The molecule has 0 fully saturated rings. The first-order valence-electron chi connectivity index (χ1n) is 6.61. The topological polar surface area (TPSA) is 46.5 Å². The molecule has 1 atom stereocenters. The maximum absolute atomic E-state index is 11.4. The minimum Gasteiger partial charge on any atom is -0.497 e. The third kappa shape index (κ3) is 3.60. The van der Waals surface area contributed by atoms with E-state index in [1.165, 1.54) is 0 Å². The van der Waals surface area contributed by atoms with Gasteiger partial charge >= 0.3 is 5.97 Å². The fourth-order valence-corrected chi connectivity index (χ4v) is 2.26. The molecule has 0 bridgehead atoms. The monoisotopic (exact) mass is 270 g/mol. The summed E-state index contributed by atoms with van der Waals surface area (Å²) in [7, 11) is 1.63. The first-order chi connectivity index (χ1) is 9.70. The van der Waals surface area contributed by atoms with Gasteiger partial charge in [0.15, 0.2) is 0 Å². The minimum atomic E-state index is -0.779. The lowest BCUT2D eigenvalue weighted by Gasteiger charge is -2.13. The predicted octanol–water partition coefficient (Wildman–Crippen LogP) is 3.50. The Hall–Kier alpha value is -2.29. The van der Waals surface area contributed by atoms with Crippen LogP contribution in [0.15, 0.2) is 54.6 Å². The molecule has 0 spiro atoms. The second-order valence-corrected chi connectivity index (χ2v) is 4.69. The second-order valence-electron chi connectivity index (χ2n) is 4.69. The zero-order chi connectivity index (χ0) is 14.4. The molecule has 0 aliphatic rings. The molecule has 20 heavy (non-hydrogen) atoms. The summed E-state index contributed by atoms with van der Waals surface area (Å²) in [5.74, 6) is -0.449. The molecule has 0 saturated carbocycles. The van der Waals surface area contributed by atoms with Crippen molar-refractivity contribution in [3.05, 3.63) is 65.7 Å². The van der Waals surface area contributed by atoms with Gasteiger partial charge < -0.3 is 9.84 Å². The maximum atomic E-state index is 11.4. The van der Waals surface area contributed by atoms with Gasteiger partial charge in [-0.3, -0.25) is 4.79 Å². The van der Waals surface area contributed by atoms with Gasteiger partial charge in [0.05, 0.1) is 13.0 Å². The van der Waals surface area contributed by atoms with Crippen LogP contribution in [0.1, 0.15) is 23.5 Å². The maximum Gasteiger partial charge on any atom is 0.310 e. The van der Waals surface area contributed by atoms with Crippen molar-refractivity contribution >= 4 is 5.97 Å². The fourth-order valence-electron chi connectivity index (χ4n) is 2.26. The number of benzene rings is 2. The number of carbonyl (C=O) groups is 1. The molecule has 2 aromatic rings. The van der Waals surface area contributed by atoms with Gasteiger partial charge in [0.1, 0.15) is 5.75 Å². The van der Waals surface area contributed by atoms with Crippen LogP contribution >= 0.6 is 0 Å². The van der Waals surface area contributed by atoms with Crippen LogP contribution in [0.2, 0.25) is 0 Å². The molecule has 0 aliphatic heterocycles. The first kappa shape index (κ1) is 14.1.